The number of benzene rings is 2. The molecule has 0 radical (unpaired) electrons. The molecule has 0 aliphatic carbocycles. The second-order valence-electron chi connectivity index (χ2n) is 4.39. The van der Waals surface area contributed by atoms with Crippen molar-refractivity contribution in [3.05, 3.63) is 59.7 Å². The number of alkyl halides is 6. The summed E-state index contributed by atoms with van der Waals surface area (Å²) in [6.07, 6.45) is -8.75. The topological polar surface area (TPSA) is 0 Å². The first-order chi connectivity index (χ1) is 10.7. The molecular formula is C14H8CdF6Te2. The Morgan fingerprint density at radius 2 is 0.957 bits per heavy atom. The van der Waals surface area contributed by atoms with E-state index in [0.29, 0.717) is 7.22 Å². The molecule has 2 aromatic rings. The van der Waals surface area contributed by atoms with Gasteiger partial charge in [0.2, 0.25) is 0 Å². The van der Waals surface area contributed by atoms with Crippen LogP contribution in [0.2, 0.25) is 0 Å². The Labute approximate surface area is 152 Å². The normalized spacial score (nSPS) is 12.1. The van der Waals surface area contributed by atoms with Crippen LogP contribution in [-0.2, 0) is 28.2 Å². The van der Waals surface area contributed by atoms with Crippen molar-refractivity contribution in [2.24, 2.45) is 0 Å². The summed E-state index contributed by atoms with van der Waals surface area (Å²) in [5.74, 6) is 0. The fourth-order valence-corrected chi connectivity index (χ4v) is 61.4. The molecule has 0 spiro atoms. The Kier molecular flexibility index (Phi) is 7.13. The van der Waals surface area contributed by atoms with E-state index in [-0.39, 0.29) is 0 Å². The molecule has 0 N–H and O–H groups in total. The van der Waals surface area contributed by atoms with Crippen LogP contribution in [0.5, 0.6) is 0 Å². The van der Waals surface area contributed by atoms with Gasteiger partial charge < -0.3 is 0 Å². The zero-order valence-electron chi connectivity index (χ0n) is 11.4. The Morgan fingerprint density at radius 1 is 0.609 bits per heavy atom. The molecule has 23 heavy (non-hydrogen) atoms. The molecule has 0 saturated carbocycles. The van der Waals surface area contributed by atoms with E-state index >= 15 is 0 Å². The van der Waals surface area contributed by atoms with Gasteiger partial charge in [0.1, 0.15) is 0 Å². The van der Waals surface area contributed by atoms with Gasteiger partial charge in [-0.1, -0.05) is 0 Å². The van der Waals surface area contributed by atoms with Gasteiger partial charge in [0.05, 0.1) is 0 Å². The molecule has 0 aliphatic heterocycles. The Bertz CT molecular complexity index is 611. The van der Waals surface area contributed by atoms with Crippen LogP contribution in [0, 0.1) is 0 Å². The fourth-order valence-electron chi connectivity index (χ4n) is 1.81. The third-order valence-electron chi connectivity index (χ3n) is 2.81. The van der Waals surface area contributed by atoms with E-state index in [9.17, 15) is 26.3 Å². The van der Waals surface area contributed by atoms with Crippen molar-refractivity contribution in [1.82, 2.24) is 0 Å². The van der Waals surface area contributed by atoms with E-state index in [2.05, 4.69) is 0 Å². The molecular weight excluding hydrogens is 650 g/mol. The van der Waals surface area contributed by atoms with Crippen LogP contribution < -0.4 is 7.22 Å². The average molecular weight is 658 g/mol. The Morgan fingerprint density at radius 3 is 1.30 bits per heavy atom. The van der Waals surface area contributed by atoms with Crippen LogP contribution in [0.25, 0.3) is 0 Å². The number of hydrogen-bond donors (Lipinski definition) is 0. The van der Waals surface area contributed by atoms with Crippen molar-refractivity contribution in [2.75, 3.05) is 0 Å². The van der Waals surface area contributed by atoms with Gasteiger partial charge in [0.25, 0.3) is 0 Å². The summed E-state index contributed by atoms with van der Waals surface area (Å²) < 4.78 is 78.3. The van der Waals surface area contributed by atoms with Crippen molar-refractivity contribution in [3.63, 3.8) is 0 Å². The van der Waals surface area contributed by atoms with Gasteiger partial charge in [0.15, 0.2) is 0 Å². The standard InChI is InChI=1S/2C7H5F3Te.Cd/c2*8-7(9,10)5-3-1-2-4-6(5)11;/h2*1-4,11H;/q;;+2/p-2. The second-order valence-corrected chi connectivity index (χ2v) is 55.1. The molecule has 0 unspecified atom stereocenters. The Balaban J connectivity index is 2.11. The first-order valence-electron chi connectivity index (χ1n) is 6.27. The molecule has 0 aliphatic rings. The van der Waals surface area contributed by atoms with E-state index < -0.39 is 71.6 Å². The van der Waals surface area contributed by atoms with Crippen LogP contribution in [0.3, 0.4) is 0 Å². The van der Waals surface area contributed by atoms with Gasteiger partial charge in [-0.3, -0.25) is 0 Å². The van der Waals surface area contributed by atoms with Gasteiger partial charge in [-0.2, -0.15) is 0 Å². The van der Waals surface area contributed by atoms with Gasteiger partial charge in [-0.05, 0) is 0 Å². The second kappa shape index (κ2) is 8.27. The summed E-state index contributed by atoms with van der Waals surface area (Å²) in [5, 5.41) is 0. The van der Waals surface area contributed by atoms with Crippen LogP contribution >= 0.6 is 0 Å². The maximum atomic E-state index is 12.9. The number of hydrogen-bond acceptors (Lipinski definition) is 0. The first kappa shape index (κ1) is 19.8. The Hall–Kier alpha value is 0.521. The van der Waals surface area contributed by atoms with Crippen molar-refractivity contribution < 1.29 is 42.2 Å². The molecule has 0 aromatic heterocycles. The zero-order valence-corrected chi connectivity index (χ0v) is 20.1. The molecule has 2 rings (SSSR count). The first-order valence-corrected chi connectivity index (χ1v) is 34.0. The number of rotatable bonds is 4. The molecule has 0 saturated heterocycles. The van der Waals surface area contributed by atoms with Crippen molar-refractivity contribution in [3.8, 4) is 0 Å². The summed E-state index contributed by atoms with van der Waals surface area (Å²) in [6, 6.07) is 11.0. The molecule has 9 heteroatoms. The number of halogens is 6. The molecule has 0 amide bonds. The van der Waals surface area contributed by atoms with E-state index in [4.69, 9.17) is 0 Å². The molecule has 0 bridgehead atoms. The van der Waals surface area contributed by atoms with Gasteiger partial charge in [-0.15, -0.1) is 0 Å². The van der Waals surface area contributed by atoms with Crippen LogP contribution in [0.15, 0.2) is 48.5 Å². The average Bonchev–Trinajstić information content (AvgIpc) is 2.46. The molecule has 0 nitrogen and oxygen atoms in total. The van der Waals surface area contributed by atoms with Crippen molar-refractivity contribution in [2.45, 2.75) is 12.4 Å². The van der Waals surface area contributed by atoms with Crippen LogP contribution in [0.4, 0.5) is 26.3 Å². The monoisotopic (exact) mass is 664 g/mol. The van der Waals surface area contributed by atoms with Crippen molar-refractivity contribution in [1.29, 1.82) is 0 Å². The molecule has 2 aromatic carbocycles. The minimum atomic E-state index is -4.38. The van der Waals surface area contributed by atoms with E-state index in [1.54, 1.807) is 12.1 Å². The molecule has 120 valence electrons. The predicted molar refractivity (Wildman–Crippen MR) is 73.7 cm³/mol. The van der Waals surface area contributed by atoms with Crippen molar-refractivity contribution >= 4 is 39.5 Å². The quantitative estimate of drug-likeness (QED) is 0.351. The van der Waals surface area contributed by atoms with E-state index in [1.807, 2.05) is 0 Å². The van der Waals surface area contributed by atoms with Gasteiger partial charge >= 0.3 is 154 Å². The van der Waals surface area contributed by atoms with Gasteiger partial charge in [0, 0.05) is 0 Å². The minimum absolute atomic E-state index is 0.357. The summed E-state index contributed by atoms with van der Waals surface area (Å²) in [5.41, 5.74) is -1.20. The summed E-state index contributed by atoms with van der Waals surface area (Å²) in [4.78, 5) is 0. The SMILES string of the molecule is FC(F)(F)c1ccccc1[Te][Cd][Te]c1ccccc1C(F)(F)F. The summed E-state index contributed by atoms with van der Waals surface area (Å²) >= 11 is -3.49. The fraction of sp³-hybridized carbons (Fsp3) is 0.143. The third kappa shape index (κ3) is 5.78. The summed E-state index contributed by atoms with van der Waals surface area (Å²) in [7, 11) is 0. The van der Waals surface area contributed by atoms with E-state index in [0.717, 1.165) is 12.1 Å². The van der Waals surface area contributed by atoms with Gasteiger partial charge in [-0.25, -0.2) is 0 Å². The molecule has 0 fully saturated rings. The third-order valence-corrected chi connectivity index (χ3v) is 54.0. The zero-order chi connectivity index (χ0) is 17.1. The van der Waals surface area contributed by atoms with Crippen LogP contribution in [0.1, 0.15) is 11.1 Å². The molecule has 0 heterocycles. The maximum absolute atomic E-state index is 12.9. The van der Waals surface area contributed by atoms with E-state index in [1.165, 1.54) is 24.3 Å². The van der Waals surface area contributed by atoms with Crippen LogP contribution in [-0.4, -0.2) is 32.3 Å². The summed E-state index contributed by atoms with van der Waals surface area (Å²) in [6.45, 7) is 0. The predicted octanol–water partition coefficient (Wildman–Crippen LogP) is 3.00. The molecule has 0 atom stereocenters.